The Balaban J connectivity index is 1.46. The number of aromatic nitrogens is 3. The molecule has 2 N–H and O–H groups in total. The summed E-state index contributed by atoms with van der Waals surface area (Å²) in [5, 5.41) is 3.86. The van der Waals surface area contributed by atoms with Gasteiger partial charge in [0.1, 0.15) is 5.69 Å². The van der Waals surface area contributed by atoms with E-state index in [1.165, 1.54) is 0 Å². The van der Waals surface area contributed by atoms with Gasteiger partial charge in [0.05, 0.1) is 26.3 Å². The van der Waals surface area contributed by atoms with Crippen LogP contribution in [0.15, 0.2) is 47.3 Å². The average molecular weight is 364 g/mol. The summed E-state index contributed by atoms with van der Waals surface area (Å²) in [4.78, 5) is 35.9. The Kier molecular flexibility index (Phi) is 4.22. The highest BCUT2D eigenvalue weighted by atomic mass is 32.1. The van der Waals surface area contributed by atoms with Gasteiger partial charge in [0, 0.05) is 18.5 Å². The number of carbonyl (C=O) groups excluding carboxylic acids is 1. The molecule has 130 valence electrons. The molecule has 0 aliphatic rings. The van der Waals surface area contributed by atoms with Crippen molar-refractivity contribution >= 4 is 44.2 Å². The summed E-state index contributed by atoms with van der Waals surface area (Å²) in [6, 6.07) is 13.0. The third-order valence-electron chi connectivity index (χ3n) is 4.04. The number of thiazole rings is 1. The molecule has 2 heterocycles. The number of rotatable bonds is 4. The zero-order valence-corrected chi connectivity index (χ0v) is 14.9. The number of carbonyl (C=O) groups is 1. The van der Waals surface area contributed by atoms with Crippen LogP contribution in [0.3, 0.4) is 0 Å². The first-order valence-electron chi connectivity index (χ1n) is 8.23. The van der Waals surface area contributed by atoms with Crippen LogP contribution in [0, 0.1) is 6.92 Å². The quantitative estimate of drug-likeness (QED) is 0.581. The van der Waals surface area contributed by atoms with Crippen molar-refractivity contribution in [2.24, 2.45) is 0 Å². The number of hydrogen-bond acceptors (Lipinski definition) is 5. The minimum atomic E-state index is -0.252. The molecule has 0 atom stereocenters. The summed E-state index contributed by atoms with van der Waals surface area (Å²) in [6.07, 6.45) is 0.474. The molecule has 7 heteroatoms. The van der Waals surface area contributed by atoms with Crippen molar-refractivity contribution in [2.45, 2.75) is 19.8 Å². The van der Waals surface area contributed by atoms with Crippen LogP contribution in [0.5, 0.6) is 0 Å². The molecular formula is C19H16N4O2S. The minimum Gasteiger partial charge on any atom is -0.326 e. The molecule has 0 radical (unpaired) electrons. The van der Waals surface area contributed by atoms with Gasteiger partial charge in [-0.2, -0.15) is 0 Å². The standard InChI is InChI=1S/C19H16N4O2S/c1-11-20-15-7-6-12(10-17(15)26-11)21-18(24)9-8-16-19(25)23-14-5-3-2-4-13(14)22-16/h2-7,10H,8-9H2,1H3,(H,21,24)(H,23,25). The molecule has 0 aliphatic carbocycles. The highest BCUT2D eigenvalue weighted by Crippen LogP contribution is 2.24. The normalized spacial score (nSPS) is 11.1. The lowest BCUT2D eigenvalue weighted by Gasteiger charge is -2.05. The zero-order valence-electron chi connectivity index (χ0n) is 14.1. The molecule has 2 aromatic carbocycles. The number of nitrogens with zero attached hydrogens (tertiary/aromatic N) is 2. The number of anilines is 1. The second-order valence-corrected chi connectivity index (χ2v) is 7.23. The molecule has 0 aliphatic heterocycles. The van der Waals surface area contributed by atoms with E-state index in [9.17, 15) is 9.59 Å². The van der Waals surface area contributed by atoms with E-state index in [4.69, 9.17) is 0 Å². The Morgan fingerprint density at radius 2 is 2.00 bits per heavy atom. The van der Waals surface area contributed by atoms with Crippen LogP contribution in [-0.4, -0.2) is 20.9 Å². The number of aromatic amines is 1. The highest BCUT2D eigenvalue weighted by Gasteiger charge is 2.09. The van der Waals surface area contributed by atoms with Gasteiger partial charge in [0.25, 0.3) is 5.56 Å². The number of H-pyrrole nitrogens is 1. The van der Waals surface area contributed by atoms with Gasteiger partial charge in [-0.1, -0.05) is 12.1 Å². The summed E-state index contributed by atoms with van der Waals surface area (Å²) < 4.78 is 1.04. The molecule has 0 unspecified atom stereocenters. The molecule has 4 rings (SSSR count). The topological polar surface area (TPSA) is 87.7 Å². The SMILES string of the molecule is Cc1nc2ccc(NC(=O)CCc3nc4ccccc4[nH]c3=O)cc2s1. The van der Waals surface area contributed by atoms with Crippen molar-refractivity contribution in [3.63, 3.8) is 0 Å². The van der Waals surface area contributed by atoms with Crippen LogP contribution in [0.2, 0.25) is 0 Å². The van der Waals surface area contributed by atoms with E-state index in [1.807, 2.05) is 43.3 Å². The van der Waals surface area contributed by atoms with Gasteiger partial charge in [-0.15, -0.1) is 11.3 Å². The summed E-state index contributed by atoms with van der Waals surface area (Å²) in [5.74, 6) is -0.153. The first kappa shape index (κ1) is 16.4. The fourth-order valence-corrected chi connectivity index (χ4v) is 3.68. The van der Waals surface area contributed by atoms with Crippen molar-refractivity contribution in [1.29, 1.82) is 0 Å². The van der Waals surface area contributed by atoms with Crippen molar-refractivity contribution < 1.29 is 4.79 Å². The maximum absolute atomic E-state index is 12.2. The Morgan fingerprint density at radius 1 is 1.15 bits per heavy atom. The maximum atomic E-state index is 12.2. The third kappa shape index (κ3) is 3.34. The molecule has 0 saturated heterocycles. The summed E-state index contributed by atoms with van der Waals surface area (Å²) >= 11 is 1.59. The van der Waals surface area contributed by atoms with Crippen molar-refractivity contribution in [3.05, 3.63) is 63.5 Å². The zero-order chi connectivity index (χ0) is 18.1. The fraction of sp³-hybridized carbons (Fsp3) is 0.158. The first-order valence-corrected chi connectivity index (χ1v) is 9.05. The van der Waals surface area contributed by atoms with E-state index in [1.54, 1.807) is 17.4 Å². The second kappa shape index (κ2) is 6.68. The van der Waals surface area contributed by atoms with E-state index in [0.717, 1.165) is 20.9 Å². The highest BCUT2D eigenvalue weighted by molar-refractivity contribution is 7.18. The van der Waals surface area contributed by atoms with Gasteiger partial charge in [0.15, 0.2) is 0 Å². The average Bonchev–Trinajstić information content (AvgIpc) is 2.99. The first-order chi connectivity index (χ1) is 12.6. The van der Waals surface area contributed by atoms with E-state index in [0.29, 0.717) is 16.7 Å². The molecular weight excluding hydrogens is 348 g/mol. The van der Waals surface area contributed by atoms with Crippen LogP contribution < -0.4 is 10.9 Å². The minimum absolute atomic E-state index is 0.153. The number of hydrogen-bond donors (Lipinski definition) is 2. The van der Waals surface area contributed by atoms with Gasteiger partial charge in [-0.25, -0.2) is 9.97 Å². The monoisotopic (exact) mass is 364 g/mol. The number of fused-ring (bicyclic) bond motifs is 2. The lowest BCUT2D eigenvalue weighted by molar-refractivity contribution is -0.116. The van der Waals surface area contributed by atoms with E-state index in [2.05, 4.69) is 20.3 Å². The summed E-state index contributed by atoms with van der Waals surface area (Å²) in [5.41, 5.74) is 3.18. The Bertz CT molecular complexity index is 1180. The van der Waals surface area contributed by atoms with E-state index in [-0.39, 0.29) is 24.3 Å². The predicted octanol–water partition coefficient (Wildman–Crippen LogP) is 3.41. The summed E-state index contributed by atoms with van der Waals surface area (Å²) in [7, 11) is 0. The smallest absolute Gasteiger partial charge is 0.270 e. The molecule has 0 saturated carbocycles. The molecule has 2 aromatic heterocycles. The Morgan fingerprint density at radius 3 is 2.88 bits per heavy atom. The molecule has 0 fully saturated rings. The Hall–Kier alpha value is -3.06. The lowest BCUT2D eigenvalue weighted by atomic mass is 10.2. The Labute approximate surface area is 152 Å². The number of nitrogens with one attached hydrogen (secondary N) is 2. The fourth-order valence-electron chi connectivity index (χ4n) is 2.81. The van der Waals surface area contributed by atoms with E-state index < -0.39 is 0 Å². The summed E-state index contributed by atoms with van der Waals surface area (Å²) in [6.45, 7) is 1.96. The van der Waals surface area contributed by atoms with Crippen LogP contribution in [-0.2, 0) is 11.2 Å². The molecule has 0 spiro atoms. The van der Waals surface area contributed by atoms with Crippen molar-refractivity contribution in [2.75, 3.05) is 5.32 Å². The third-order valence-corrected chi connectivity index (χ3v) is 4.97. The maximum Gasteiger partial charge on any atom is 0.270 e. The number of aryl methyl sites for hydroxylation is 2. The van der Waals surface area contributed by atoms with Crippen LogP contribution in [0.25, 0.3) is 21.3 Å². The number of amides is 1. The van der Waals surface area contributed by atoms with E-state index >= 15 is 0 Å². The van der Waals surface area contributed by atoms with Gasteiger partial charge < -0.3 is 10.3 Å². The predicted molar refractivity (Wildman–Crippen MR) is 104 cm³/mol. The lowest BCUT2D eigenvalue weighted by Crippen LogP contribution is -2.18. The van der Waals surface area contributed by atoms with Crippen LogP contribution in [0.1, 0.15) is 17.1 Å². The van der Waals surface area contributed by atoms with Gasteiger partial charge in [0.2, 0.25) is 5.91 Å². The van der Waals surface area contributed by atoms with Gasteiger partial charge in [-0.05, 0) is 37.3 Å². The molecule has 0 bridgehead atoms. The van der Waals surface area contributed by atoms with Gasteiger partial charge in [-0.3, -0.25) is 9.59 Å². The molecule has 6 nitrogen and oxygen atoms in total. The van der Waals surface area contributed by atoms with Crippen molar-refractivity contribution in [3.8, 4) is 0 Å². The van der Waals surface area contributed by atoms with Crippen LogP contribution in [0.4, 0.5) is 5.69 Å². The van der Waals surface area contributed by atoms with Crippen molar-refractivity contribution in [1.82, 2.24) is 15.0 Å². The molecule has 4 aromatic rings. The number of benzene rings is 2. The molecule has 26 heavy (non-hydrogen) atoms. The number of para-hydroxylation sites is 2. The largest absolute Gasteiger partial charge is 0.326 e. The van der Waals surface area contributed by atoms with Crippen LogP contribution >= 0.6 is 11.3 Å². The molecule has 1 amide bonds. The second-order valence-electron chi connectivity index (χ2n) is 5.99. The van der Waals surface area contributed by atoms with Gasteiger partial charge >= 0.3 is 0 Å².